The molecule has 0 atom stereocenters. The lowest BCUT2D eigenvalue weighted by atomic mass is 10.2. The molecule has 0 unspecified atom stereocenters. The van der Waals surface area contributed by atoms with Crippen LogP contribution in [0, 0.1) is 17.0 Å². The Kier molecular flexibility index (Phi) is 4.01. The third-order valence-corrected chi connectivity index (χ3v) is 3.73. The van der Waals surface area contributed by atoms with Crippen molar-refractivity contribution in [1.82, 2.24) is 15.0 Å². The topological polar surface area (TPSA) is 88.5 Å². The summed E-state index contributed by atoms with van der Waals surface area (Å²) in [5.74, 6) is 1.24. The van der Waals surface area contributed by atoms with Crippen LogP contribution in [-0.4, -0.2) is 46.1 Å². The van der Waals surface area contributed by atoms with Crippen molar-refractivity contribution in [2.75, 3.05) is 31.1 Å². The molecule has 8 heteroatoms. The van der Waals surface area contributed by atoms with E-state index in [4.69, 9.17) is 4.52 Å². The third kappa shape index (κ3) is 3.06. The van der Waals surface area contributed by atoms with Crippen molar-refractivity contribution in [3.63, 3.8) is 0 Å². The molecule has 0 saturated carbocycles. The van der Waals surface area contributed by atoms with Crippen molar-refractivity contribution in [1.29, 1.82) is 0 Å². The largest absolute Gasteiger partial charge is 0.363 e. The highest BCUT2D eigenvalue weighted by atomic mass is 16.6. The summed E-state index contributed by atoms with van der Waals surface area (Å²) in [4.78, 5) is 19.3. The van der Waals surface area contributed by atoms with E-state index >= 15 is 0 Å². The molecule has 1 fully saturated rings. The molecular weight excluding hydrogens is 286 g/mol. The number of nitro groups is 1. The SMILES string of the molecule is Cc1nc(CN2CCN(c3ccccc3[N+](=O)[O-])CC2)no1. The van der Waals surface area contributed by atoms with E-state index in [1.54, 1.807) is 25.1 Å². The first-order valence-corrected chi connectivity index (χ1v) is 7.13. The minimum absolute atomic E-state index is 0.157. The highest BCUT2D eigenvalue weighted by Crippen LogP contribution is 2.28. The van der Waals surface area contributed by atoms with Crippen LogP contribution in [0.15, 0.2) is 28.8 Å². The van der Waals surface area contributed by atoms with Gasteiger partial charge in [-0.2, -0.15) is 4.98 Å². The highest BCUT2D eigenvalue weighted by Gasteiger charge is 2.23. The molecule has 0 spiro atoms. The molecule has 0 aliphatic carbocycles. The minimum Gasteiger partial charge on any atom is -0.363 e. The maximum Gasteiger partial charge on any atom is 0.292 e. The molecule has 22 heavy (non-hydrogen) atoms. The summed E-state index contributed by atoms with van der Waals surface area (Å²) in [6, 6.07) is 6.87. The summed E-state index contributed by atoms with van der Waals surface area (Å²) in [5, 5.41) is 15.0. The van der Waals surface area contributed by atoms with E-state index in [9.17, 15) is 10.1 Å². The zero-order chi connectivity index (χ0) is 15.5. The maximum absolute atomic E-state index is 11.1. The number of anilines is 1. The van der Waals surface area contributed by atoms with Gasteiger partial charge >= 0.3 is 0 Å². The number of hydrogen-bond donors (Lipinski definition) is 0. The number of aromatic nitrogens is 2. The predicted octanol–water partition coefficient (Wildman–Crippen LogP) is 1.61. The van der Waals surface area contributed by atoms with Crippen molar-refractivity contribution >= 4 is 11.4 Å². The number of nitrogens with zero attached hydrogens (tertiary/aromatic N) is 5. The van der Waals surface area contributed by atoms with Gasteiger partial charge in [0.1, 0.15) is 5.69 Å². The number of rotatable bonds is 4. The molecule has 0 N–H and O–H groups in total. The lowest BCUT2D eigenvalue weighted by molar-refractivity contribution is -0.384. The fourth-order valence-electron chi connectivity index (χ4n) is 2.64. The number of hydrogen-bond acceptors (Lipinski definition) is 7. The van der Waals surface area contributed by atoms with Gasteiger partial charge in [-0.3, -0.25) is 15.0 Å². The Balaban J connectivity index is 1.63. The van der Waals surface area contributed by atoms with E-state index < -0.39 is 0 Å². The van der Waals surface area contributed by atoms with Gasteiger partial charge in [0, 0.05) is 39.2 Å². The third-order valence-electron chi connectivity index (χ3n) is 3.73. The Labute approximate surface area is 127 Å². The van der Waals surface area contributed by atoms with Gasteiger partial charge < -0.3 is 9.42 Å². The van der Waals surface area contributed by atoms with Crippen LogP contribution in [0.1, 0.15) is 11.7 Å². The van der Waals surface area contributed by atoms with Crippen LogP contribution in [0.2, 0.25) is 0 Å². The lowest BCUT2D eigenvalue weighted by Crippen LogP contribution is -2.46. The molecule has 1 saturated heterocycles. The first kappa shape index (κ1) is 14.5. The van der Waals surface area contributed by atoms with Crippen molar-refractivity contribution in [2.24, 2.45) is 0 Å². The summed E-state index contributed by atoms with van der Waals surface area (Å²) in [6.45, 7) is 5.49. The Morgan fingerprint density at radius 1 is 1.27 bits per heavy atom. The van der Waals surface area contributed by atoms with Crippen LogP contribution in [-0.2, 0) is 6.54 Å². The van der Waals surface area contributed by atoms with Crippen LogP contribution in [0.5, 0.6) is 0 Å². The van der Waals surface area contributed by atoms with E-state index in [0.29, 0.717) is 23.9 Å². The molecule has 0 bridgehead atoms. The van der Waals surface area contributed by atoms with Gasteiger partial charge in [0.2, 0.25) is 5.89 Å². The monoisotopic (exact) mass is 303 g/mol. The number of nitro benzene ring substituents is 1. The normalized spacial score (nSPS) is 16.0. The van der Waals surface area contributed by atoms with E-state index in [0.717, 1.165) is 26.2 Å². The second kappa shape index (κ2) is 6.10. The fraction of sp³-hybridized carbons (Fsp3) is 0.429. The van der Waals surface area contributed by atoms with Crippen molar-refractivity contribution in [3.8, 4) is 0 Å². The van der Waals surface area contributed by atoms with E-state index in [1.165, 1.54) is 0 Å². The van der Waals surface area contributed by atoms with Gasteiger partial charge in [-0.25, -0.2) is 0 Å². The van der Waals surface area contributed by atoms with Crippen LogP contribution in [0.3, 0.4) is 0 Å². The van der Waals surface area contributed by atoms with E-state index in [1.807, 2.05) is 6.07 Å². The molecule has 3 rings (SSSR count). The molecule has 1 aromatic heterocycles. The molecule has 1 aliphatic heterocycles. The molecule has 8 nitrogen and oxygen atoms in total. The molecule has 1 aromatic carbocycles. The molecular formula is C14H17N5O3. The molecule has 0 amide bonds. The molecule has 1 aliphatic rings. The fourth-order valence-corrected chi connectivity index (χ4v) is 2.64. The number of para-hydroxylation sites is 2. The molecule has 116 valence electrons. The summed E-state index contributed by atoms with van der Waals surface area (Å²) < 4.78 is 4.97. The van der Waals surface area contributed by atoms with Crippen molar-refractivity contribution in [3.05, 3.63) is 46.1 Å². The van der Waals surface area contributed by atoms with Gasteiger partial charge in [0.25, 0.3) is 5.69 Å². The van der Waals surface area contributed by atoms with E-state index in [2.05, 4.69) is 19.9 Å². The zero-order valence-corrected chi connectivity index (χ0v) is 12.3. The first-order chi connectivity index (χ1) is 10.6. The average Bonchev–Trinajstić information content (AvgIpc) is 2.93. The predicted molar refractivity (Wildman–Crippen MR) is 79.6 cm³/mol. The summed E-state index contributed by atoms with van der Waals surface area (Å²) in [6.07, 6.45) is 0. The maximum atomic E-state index is 11.1. The van der Waals surface area contributed by atoms with Crippen LogP contribution in [0.4, 0.5) is 11.4 Å². The Bertz CT molecular complexity index is 664. The zero-order valence-electron chi connectivity index (χ0n) is 12.3. The standard InChI is InChI=1S/C14H17N5O3/c1-11-15-14(16-22-11)10-17-6-8-18(9-7-17)12-4-2-3-5-13(12)19(20)21/h2-5H,6-10H2,1H3. The first-order valence-electron chi connectivity index (χ1n) is 7.13. The summed E-state index contributed by atoms with van der Waals surface area (Å²) >= 11 is 0. The average molecular weight is 303 g/mol. The van der Waals surface area contributed by atoms with Gasteiger partial charge in [0.15, 0.2) is 5.82 Å². The van der Waals surface area contributed by atoms with E-state index in [-0.39, 0.29) is 10.6 Å². The van der Waals surface area contributed by atoms with Gasteiger partial charge in [-0.05, 0) is 6.07 Å². The Morgan fingerprint density at radius 3 is 2.64 bits per heavy atom. The van der Waals surface area contributed by atoms with Crippen LogP contribution in [0.25, 0.3) is 0 Å². The number of aryl methyl sites for hydroxylation is 1. The smallest absolute Gasteiger partial charge is 0.292 e. The summed E-state index contributed by atoms with van der Waals surface area (Å²) in [7, 11) is 0. The molecule has 0 radical (unpaired) electrons. The highest BCUT2D eigenvalue weighted by molar-refractivity contribution is 5.63. The quantitative estimate of drug-likeness (QED) is 0.626. The van der Waals surface area contributed by atoms with Crippen molar-refractivity contribution in [2.45, 2.75) is 13.5 Å². The number of benzene rings is 1. The lowest BCUT2D eigenvalue weighted by Gasteiger charge is -2.35. The van der Waals surface area contributed by atoms with Gasteiger partial charge in [-0.1, -0.05) is 17.3 Å². The summed E-state index contributed by atoms with van der Waals surface area (Å²) in [5.41, 5.74) is 0.840. The minimum atomic E-state index is -0.330. The second-order valence-corrected chi connectivity index (χ2v) is 5.24. The molecule has 2 aromatic rings. The Hall–Kier alpha value is -2.48. The van der Waals surface area contributed by atoms with Crippen LogP contribution >= 0.6 is 0 Å². The Morgan fingerprint density at radius 2 is 2.00 bits per heavy atom. The molecule has 2 heterocycles. The van der Waals surface area contributed by atoms with Crippen molar-refractivity contribution < 1.29 is 9.45 Å². The number of piperazine rings is 1. The van der Waals surface area contributed by atoms with Gasteiger partial charge in [-0.15, -0.1) is 0 Å². The second-order valence-electron chi connectivity index (χ2n) is 5.24. The van der Waals surface area contributed by atoms with Gasteiger partial charge in [0.05, 0.1) is 11.5 Å². The van der Waals surface area contributed by atoms with Crippen LogP contribution < -0.4 is 4.90 Å².